The molecule has 0 aromatic rings. The summed E-state index contributed by atoms with van der Waals surface area (Å²) in [5, 5.41) is -0.696. The van der Waals surface area contributed by atoms with Crippen LogP contribution < -0.4 is 35.0 Å². The van der Waals surface area contributed by atoms with Gasteiger partial charge in [0.05, 0.1) is 5.25 Å². The quantitative estimate of drug-likeness (QED) is 0.329. The van der Waals surface area contributed by atoms with Crippen LogP contribution in [0.15, 0.2) is 12.2 Å². The average Bonchev–Trinajstić information content (AvgIpc) is 1.99. The zero-order chi connectivity index (χ0) is 10.6. The van der Waals surface area contributed by atoms with E-state index in [9.17, 15) is 13.2 Å². The van der Waals surface area contributed by atoms with Gasteiger partial charge >= 0.3 is 29.6 Å². The van der Waals surface area contributed by atoms with Gasteiger partial charge in [0.25, 0.3) is 16.0 Å². The van der Waals surface area contributed by atoms with Crippen LogP contribution in [0.1, 0.15) is 22.2 Å². The third kappa shape index (κ3) is 5.77. The Balaban J connectivity index is -0.000000720. The van der Waals surface area contributed by atoms with E-state index >= 15 is 0 Å². The number of amides is 1. The fourth-order valence-corrected chi connectivity index (χ4v) is 0.664. The number of hydroxylamine groups is 1. The minimum Gasteiger partial charge on any atom is -1.00 e. The van der Waals surface area contributed by atoms with Crippen LogP contribution in [0.5, 0.6) is 0 Å². The van der Waals surface area contributed by atoms with Crippen LogP contribution in [-0.2, 0) is 19.2 Å². The molecule has 0 bridgehead atoms. The van der Waals surface area contributed by atoms with Crippen molar-refractivity contribution in [2.45, 2.75) is 26.0 Å². The molecule has 1 amide bonds. The summed E-state index contributed by atoms with van der Waals surface area (Å²) in [6.45, 7) is 7.65. The smallest absolute Gasteiger partial charge is 1.00 e. The van der Waals surface area contributed by atoms with Crippen molar-refractivity contribution < 1.29 is 48.5 Å². The first-order valence-electron chi connectivity index (χ1n) is 3.65. The summed E-state index contributed by atoms with van der Waals surface area (Å²) >= 11 is 0. The van der Waals surface area contributed by atoms with Gasteiger partial charge in [0.15, 0.2) is 0 Å². The van der Waals surface area contributed by atoms with Crippen molar-refractivity contribution in [3.63, 3.8) is 0 Å². The summed E-state index contributed by atoms with van der Waals surface area (Å²) in [5.41, 5.74) is 1.96. The van der Waals surface area contributed by atoms with Gasteiger partial charge in [-0.1, -0.05) is 6.58 Å². The van der Waals surface area contributed by atoms with E-state index in [0.29, 0.717) is 0 Å². The van der Waals surface area contributed by atoms with Gasteiger partial charge in [-0.15, -0.1) is 4.28 Å². The van der Waals surface area contributed by atoms with Gasteiger partial charge < -0.3 is 1.43 Å². The van der Waals surface area contributed by atoms with E-state index in [0.717, 1.165) is 0 Å². The normalized spacial score (nSPS) is 10.6. The molecule has 5 nitrogen and oxygen atoms in total. The first-order valence-corrected chi connectivity index (χ1v) is 5.12. The van der Waals surface area contributed by atoms with E-state index in [-0.39, 0.29) is 36.6 Å². The van der Waals surface area contributed by atoms with Crippen molar-refractivity contribution in [2.75, 3.05) is 0 Å². The molecular formula is C7H14NNaO4S. The molecule has 0 saturated carbocycles. The monoisotopic (exact) mass is 231 g/mol. The first kappa shape index (κ1) is 16.5. The number of rotatable bonds is 4. The van der Waals surface area contributed by atoms with Crippen LogP contribution in [0.25, 0.3) is 0 Å². The molecule has 14 heavy (non-hydrogen) atoms. The van der Waals surface area contributed by atoms with E-state index in [2.05, 4.69) is 10.9 Å². The predicted molar refractivity (Wildman–Crippen MR) is 49.2 cm³/mol. The van der Waals surface area contributed by atoms with E-state index in [1.54, 1.807) is 5.48 Å². The summed E-state index contributed by atoms with van der Waals surface area (Å²) in [4.78, 5) is 10.8. The largest absolute Gasteiger partial charge is 1.00 e. The molecule has 78 valence electrons. The van der Waals surface area contributed by atoms with Crippen molar-refractivity contribution in [1.82, 2.24) is 5.48 Å². The van der Waals surface area contributed by atoms with Crippen molar-refractivity contribution >= 4 is 16.0 Å². The molecule has 0 unspecified atom stereocenters. The van der Waals surface area contributed by atoms with Gasteiger partial charge in [-0.25, -0.2) is 5.48 Å². The van der Waals surface area contributed by atoms with Gasteiger partial charge in [-0.3, -0.25) is 4.79 Å². The Bertz CT molecular complexity index is 315. The molecule has 1 N–H and O–H groups in total. The summed E-state index contributed by atoms with van der Waals surface area (Å²) in [7, 11) is -3.70. The van der Waals surface area contributed by atoms with Crippen LogP contribution >= 0.6 is 0 Å². The maximum absolute atomic E-state index is 11.0. The summed E-state index contributed by atoms with van der Waals surface area (Å²) in [6.07, 6.45) is 0. The third-order valence-electron chi connectivity index (χ3n) is 1.22. The Labute approximate surface area is 108 Å². The Morgan fingerprint density at radius 2 is 1.93 bits per heavy atom. The second-order valence-corrected chi connectivity index (χ2v) is 4.93. The average molecular weight is 231 g/mol. The molecule has 0 radical (unpaired) electrons. The van der Waals surface area contributed by atoms with E-state index in [4.69, 9.17) is 0 Å². The molecule has 0 aromatic carbocycles. The summed E-state index contributed by atoms with van der Waals surface area (Å²) in [5.74, 6) is -0.649. The van der Waals surface area contributed by atoms with Crippen molar-refractivity contribution in [3.05, 3.63) is 12.2 Å². The van der Waals surface area contributed by atoms with Crippen LogP contribution in [0.2, 0.25) is 0 Å². The summed E-state index contributed by atoms with van der Waals surface area (Å²) < 4.78 is 26.2. The Morgan fingerprint density at radius 1 is 1.50 bits per heavy atom. The number of carbonyl (C=O) groups excluding carboxylic acids is 1. The number of hydrogen-bond donors (Lipinski definition) is 1. The van der Waals surface area contributed by atoms with Gasteiger partial charge in [-0.05, 0) is 20.8 Å². The number of carbonyl (C=O) groups is 1. The molecule has 0 aliphatic heterocycles. The van der Waals surface area contributed by atoms with E-state index < -0.39 is 21.3 Å². The molecule has 0 atom stereocenters. The molecule has 0 fully saturated rings. The molecule has 0 saturated heterocycles. The maximum atomic E-state index is 11.0. The minimum atomic E-state index is -3.70. The minimum absolute atomic E-state index is 0. The molecule has 0 heterocycles. The van der Waals surface area contributed by atoms with Crippen LogP contribution in [0, 0.1) is 0 Å². The van der Waals surface area contributed by atoms with Gasteiger partial charge in [0.2, 0.25) is 0 Å². The van der Waals surface area contributed by atoms with Crippen molar-refractivity contribution in [3.8, 4) is 0 Å². The SMILES string of the molecule is C=C(C)C(=O)NOS(=O)(=O)C(C)C.[H-].[Na+]. The van der Waals surface area contributed by atoms with Gasteiger partial charge in [0, 0.05) is 5.57 Å². The molecule has 0 aromatic heterocycles. The second kappa shape index (κ2) is 6.58. The van der Waals surface area contributed by atoms with Crippen molar-refractivity contribution in [1.29, 1.82) is 0 Å². The standard InChI is InChI=1S/C7H13NO4S.Na.H/c1-5(2)7(9)8-12-13(10,11)6(3)4;;/h6H,1H2,2-4H3,(H,8,9);;/q;+1;-1. The van der Waals surface area contributed by atoms with Gasteiger partial charge in [0.1, 0.15) is 0 Å². The third-order valence-corrected chi connectivity index (χ3v) is 2.69. The van der Waals surface area contributed by atoms with E-state index in [1.807, 2.05) is 0 Å². The van der Waals surface area contributed by atoms with Crippen molar-refractivity contribution in [2.24, 2.45) is 0 Å². The molecule has 0 aliphatic rings. The Hall–Kier alpha value is 0.120. The molecule has 0 rings (SSSR count). The molecule has 7 heteroatoms. The van der Waals surface area contributed by atoms with Crippen LogP contribution in [0.3, 0.4) is 0 Å². The zero-order valence-electron chi connectivity index (χ0n) is 9.83. The van der Waals surface area contributed by atoms with Gasteiger partial charge in [-0.2, -0.15) is 8.42 Å². The molecular weight excluding hydrogens is 217 g/mol. The Morgan fingerprint density at radius 3 is 2.21 bits per heavy atom. The van der Waals surface area contributed by atoms with Crippen LogP contribution in [-0.4, -0.2) is 19.6 Å². The number of nitrogens with one attached hydrogen (secondary N) is 1. The fraction of sp³-hybridized carbons (Fsp3) is 0.571. The topological polar surface area (TPSA) is 72.5 Å². The number of hydrogen-bond acceptors (Lipinski definition) is 4. The summed E-state index contributed by atoms with van der Waals surface area (Å²) in [6, 6.07) is 0. The van der Waals surface area contributed by atoms with Crippen LogP contribution in [0.4, 0.5) is 0 Å². The Kier molecular flexibility index (Phi) is 7.77. The second-order valence-electron chi connectivity index (χ2n) is 2.84. The fourth-order valence-electron chi connectivity index (χ4n) is 0.279. The maximum Gasteiger partial charge on any atom is 1.00 e. The molecule has 0 aliphatic carbocycles. The molecule has 0 spiro atoms. The predicted octanol–water partition coefficient (Wildman–Crippen LogP) is -2.53. The van der Waals surface area contributed by atoms with E-state index in [1.165, 1.54) is 20.8 Å². The zero-order valence-corrected chi connectivity index (χ0v) is 11.6. The first-order chi connectivity index (χ1) is 5.77.